The van der Waals surface area contributed by atoms with Crippen LogP contribution in [-0.2, 0) is 6.61 Å². The van der Waals surface area contributed by atoms with Gasteiger partial charge < -0.3 is 9.84 Å². The Kier molecular flexibility index (Phi) is 3.35. The fourth-order valence-corrected chi connectivity index (χ4v) is 1.41. The summed E-state index contributed by atoms with van der Waals surface area (Å²) in [5.74, 6) is 0.752. The summed E-state index contributed by atoms with van der Waals surface area (Å²) in [6.45, 7) is 3.95. The monoisotopic (exact) mass is 230 g/mol. The van der Waals surface area contributed by atoms with Crippen LogP contribution in [0.15, 0.2) is 30.6 Å². The zero-order chi connectivity index (χ0) is 12.3. The lowest BCUT2D eigenvalue weighted by Crippen LogP contribution is -1.96. The van der Waals surface area contributed by atoms with Gasteiger partial charge in [-0.3, -0.25) is 0 Å². The fourth-order valence-electron chi connectivity index (χ4n) is 1.41. The van der Waals surface area contributed by atoms with Crippen molar-refractivity contribution in [2.24, 2.45) is 0 Å². The number of hydrogen-bond donors (Lipinski definition) is 1. The van der Waals surface area contributed by atoms with Crippen LogP contribution in [0.5, 0.6) is 11.8 Å². The fraction of sp³-hybridized carbons (Fsp3) is 0.231. The van der Waals surface area contributed by atoms with Crippen molar-refractivity contribution in [2.45, 2.75) is 20.5 Å². The highest BCUT2D eigenvalue weighted by atomic mass is 16.5. The molecule has 0 aliphatic heterocycles. The quantitative estimate of drug-likeness (QED) is 0.879. The highest BCUT2D eigenvalue weighted by Crippen LogP contribution is 2.24. The highest BCUT2D eigenvalue weighted by molar-refractivity contribution is 5.39. The Morgan fingerprint density at radius 1 is 1.18 bits per heavy atom. The van der Waals surface area contributed by atoms with Gasteiger partial charge in [-0.15, -0.1) is 0 Å². The summed E-state index contributed by atoms with van der Waals surface area (Å²) in [6, 6.07) is 6.12. The minimum atomic E-state index is -0.0657. The first-order chi connectivity index (χ1) is 8.20. The molecule has 1 N–H and O–H groups in total. The van der Waals surface area contributed by atoms with Crippen molar-refractivity contribution < 1.29 is 9.84 Å². The number of hydrogen-bond acceptors (Lipinski definition) is 4. The van der Waals surface area contributed by atoms with Crippen LogP contribution < -0.4 is 4.74 Å². The maximum Gasteiger partial charge on any atom is 0.321 e. The molecule has 4 heteroatoms. The second kappa shape index (κ2) is 4.93. The molecule has 1 heterocycles. The molecule has 2 aromatic rings. The van der Waals surface area contributed by atoms with Crippen LogP contribution >= 0.6 is 0 Å². The molecule has 1 aromatic carbocycles. The number of aryl methyl sites for hydroxylation is 1. The number of benzene rings is 1. The summed E-state index contributed by atoms with van der Waals surface area (Å²) in [6.07, 6.45) is 3.10. The van der Waals surface area contributed by atoms with E-state index in [1.165, 1.54) is 0 Å². The van der Waals surface area contributed by atoms with Crippen LogP contribution in [0, 0.1) is 13.8 Å². The molecule has 0 radical (unpaired) electrons. The third-order valence-corrected chi connectivity index (χ3v) is 2.62. The van der Waals surface area contributed by atoms with Gasteiger partial charge in [0.2, 0.25) is 0 Å². The minimum Gasteiger partial charge on any atom is -0.424 e. The van der Waals surface area contributed by atoms with Crippen LogP contribution in [0.2, 0.25) is 0 Å². The van der Waals surface area contributed by atoms with Gasteiger partial charge in [-0.05, 0) is 31.0 Å². The van der Waals surface area contributed by atoms with Crippen LogP contribution in [0.1, 0.15) is 16.7 Å². The van der Waals surface area contributed by atoms with E-state index >= 15 is 0 Å². The lowest BCUT2D eigenvalue weighted by Gasteiger charge is -2.08. The third-order valence-electron chi connectivity index (χ3n) is 2.62. The predicted molar refractivity (Wildman–Crippen MR) is 63.9 cm³/mol. The van der Waals surface area contributed by atoms with E-state index in [0.717, 1.165) is 16.9 Å². The Labute approximate surface area is 99.9 Å². The molecule has 17 heavy (non-hydrogen) atoms. The van der Waals surface area contributed by atoms with Crippen LogP contribution in [-0.4, -0.2) is 15.1 Å². The summed E-state index contributed by atoms with van der Waals surface area (Å²) in [5.41, 5.74) is 2.90. The lowest BCUT2D eigenvalue weighted by molar-refractivity contribution is 0.280. The van der Waals surface area contributed by atoms with Gasteiger partial charge in [0, 0.05) is 18.0 Å². The van der Waals surface area contributed by atoms with Crippen LogP contribution in [0.25, 0.3) is 0 Å². The van der Waals surface area contributed by atoms with Crippen molar-refractivity contribution in [3.05, 3.63) is 47.3 Å². The summed E-state index contributed by atoms with van der Waals surface area (Å²) in [5, 5.41) is 8.88. The summed E-state index contributed by atoms with van der Waals surface area (Å²) in [7, 11) is 0. The SMILES string of the molecule is Cc1cccc(Oc2ncc(CO)cn2)c1C. The smallest absolute Gasteiger partial charge is 0.321 e. The average molecular weight is 230 g/mol. The largest absolute Gasteiger partial charge is 0.424 e. The average Bonchev–Trinajstić information content (AvgIpc) is 2.36. The van der Waals surface area contributed by atoms with Crippen molar-refractivity contribution in [2.75, 3.05) is 0 Å². The second-order valence-corrected chi connectivity index (χ2v) is 3.83. The van der Waals surface area contributed by atoms with Gasteiger partial charge >= 0.3 is 6.01 Å². The normalized spacial score (nSPS) is 10.3. The summed E-state index contributed by atoms with van der Waals surface area (Å²) < 4.78 is 5.59. The predicted octanol–water partition coefficient (Wildman–Crippen LogP) is 2.38. The maximum absolute atomic E-state index is 8.88. The van der Waals surface area contributed by atoms with Gasteiger partial charge in [0.05, 0.1) is 6.61 Å². The van der Waals surface area contributed by atoms with Crippen molar-refractivity contribution in [3.63, 3.8) is 0 Å². The van der Waals surface area contributed by atoms with E-state index in [0.29, 0.717) is 5.56 Å². The number of rotatable bonds is 3. The Balaban J connectivity index is 2.22. The Morgan fingerprint density at radius 3 is 2.53 bits per heavy atom. The first-order valence-corrected chi connectivity index (χ1v) is 5.36. The number of ether oxygens (including phenoxy) is 1. The molecule has 0 aliphatic carbocycles. The molecule has 0 amide bonds. The topological polar surface area (TPSA) is 55.2 Å². The van der Waals surface area contributed by atoms with E-state index in [9.17, 15) is 0 Å². The van der Waals surface area contributed by atoms with Gasteiger partial charge in [-0.2, -0.15) is 0 Å². The molecule has 0 bridgehead atoms. The molecular formula is C13H14N2O2. The second-order valence-electron chi connectivity index (χ2n) is 3.83. The molecule has 1 aromatic heterocycles. The Hall–Kier alpha value is -1.94. The first-order valence-electron chi connectivity index (χ1n) is 5.36. The van der Waals surface area contributed by atoms with Crippen LogP contribution in [0.3, 0.4) is 0 Å². The molecule has 0 unspecified atom stereocenters. The third kappa shape index (κ3) is 2.60. The Bertz CT molecular complexity index is 509. The van der Waals surface area contributed by atoms with Gasteiger partial charge in [-0.1, -0.05) is 12.1 Å². The number of aliphatic hydroxyl groups excluding tert-OH is 1. The molecule has 0 saturated carbocycles. The Morgan fingerprint density at radius 2 is 1.88 bits per heavy atom. The van der Waals surface area contributed by atoms with Crippen molar-refractivity contribution in [1.29, 1.82) is 0 Å². The molecule has 0 aliphatic rings. The van der Waals surface area contributed by atoms with Crippen LogP contribution in [0.4, 0.5) is 0 Å². The maximum atomic E-state index is 8.88. The molecule has 0 spiro atoms. The van der Waals surface area contributed by atoms with Gasteiger partial charge in [0.1, 0.15) is 5.75 Å². The molecule has 2 rings (SSSR count). The van der Waals surface area contributed by atoms with Gasteiger partial charge in [0.25, 0.3) is 0 Å². The zero-order valence-electron chi connectivity index (χ0n) is 9.84. The van der Waals surface area contributed by atoms with E-state index in [4.69, 9.17) is 9.84 Å². The van der Waals surface area contributed by atoms with Gasteiger partial charge in [-0.25, -0.2) is 9.97 Å². The molecule has 0 saturated heterocycles. The molecule has 0 atom stereocenters. The lowest BCUT2D eigenvalue weighted by atomic mass is 10.1. The van der Waals surface area contributed by atoms with E-state index in [1.54, 1.807) is 12.4 Å². The van der Waals surface area contributed by atoms with E-state index in [-0.39, 0.29) is 12.6 Å². The van der Waals surface area contributed by atoms with Gasteiger partial charge in [0.15, 0.2) is 0 Å². The van der Waals surface area contributed by atoms with Crippen molar-refractivity contribution >= 4 is 0 Å². The minimum absolute atomic E-state index is 0.0657. The van der Waals surface area contributed by atoms with E-state index in [1.807, 2.05) is 32.0 Å². The molecule has 88 valence electrons. The molecule has 4 nitrogen and oxygen atoms in total. The number of aromatic nitrogens is 2. The van der Waals surface area contributed by atoms with Crippen molar-refractivity contribution in [1.82, 2.24) is 9.97 Å². The first kappa shape index (κ1) is 11.5. The number of nitrogens with zero attached hydrogens (tertiary/aromatic N) is 2. The zero-order valence-corrected chi connectivity index (χ0v) is 9.84. The standard InChI is InChI=1S/C13H14N2O2/c1-9-4-3-5-12(10(9)2)17-13-14-6-11(8-16)7-15-13/h3-7,16H,8H2,1-2H3. The van der Waals surface area contributed by atoms with E-state index in [2.05, 4.69) is 9.97 Å². The summed E-state index contributed by atoms with van der Waals surface area (Å²) in [4.78, 5) is 8.04. The molecular weight excluding hydrogens is 216 g/mol. The van der Waals surface area contributed by atoms with Crippen molar-refractivity contribution in [3.8, 4) is 11.8 Å². The highest BCUT2D eigenvalue weighted by Gasteiger charge is 2.05. The number of aliphatic hydroxyl groups is 1. The van der Waals surface area contributed by atoms with E-state index < -0.39 is 0 Å². The summed E-state index contributed by atoms with van der Waals surface area (Å²) >= 11 is 0. The molecule has 0 fully saturated rings.